The van der Waals surface area contributed by atoms with Crippen LogP contribution >= 0.6 is 0 Å². The van der Waals surface area contributed by atoms with Gasteiger partial charge in [0, 0.05) is 57.1 Å². The van der Waals surface area contributed by atoms with Gasteiger partial charge in [-0.25, -0.2) is 9.97 Å². The van der Waals surface area contributed by atoms with Gasteiger partial charge < -0.3 is 25.4 Å². The highest BCUT2D eigenvalue weighted by Crippen LogP contribution is 2.31. The summed E-state index contributed by atoms with van der Waals surface area (Å²) in [7, 11) is 0. The number of aromatic nitrogens is 3. The summed E-state index contributed by atoms with van der Waals surface area (Å²) < 4.78 is 5.81. The molecule has 0 aliphatic carbocycles. The number of amides is 1. The van der Waals surface area contributed by atoms with Crippen LogP contribution in [0.25, 0.3) is 22.3 Å². The quantitative estimate of drug-likeness (QED) is 0.476. The number of morpholine rings is 1. The highest BCUT2D eigenvalue weighted by Gasteiger charge is 2.23. The zero-order valence-corrected chi connectivity index (χ0v) is 19.8. The Balaban J connectivity index is 1.30. The minimum absolute atomic E-state index is 0.0440. The van der Waals surface area contributed by atoms with Crippen molar-refractivity contribution in [2.75, 3.05) is 51.3 Å². The number of ether oxygens (including phenoxy) is 1. The molecule has 1 aromatic carbocycles. The van der Waals surface area contributed by atoms with Crippen LogP contribution in [0.15, 0.2) is 42.7 Å². The number of anilines is 1. The molecule has 0 unspecified atom stereocenters. The van der Waals surface area contributed by atoms with Crippen LogP contribution in [-0.2, 0) is 9.53 Å². The molecule has 2 fully saturated rings. The van der Waals surface area contributed by atoms with Crippen molar-refractivity contribution in [1.29, 1.82) is 0 Å². The van der Waals surface area contributed by atoms with Crippen LogP contribution in [0.1, 0.15) is 30.7 Å². The molecule has 9 nitrogen and oxygen atoms in total. The lowest BCUT2D eigenvalue weighted by molar-refractivity contribution is -0.132. The summed E-state index contributed by atoms with van der Waals surface area (Å²) >= 11 is 0. The number of carbonyl (C=O) groups is 1. The lowest BCUT2D eigenvalue weighted by Crippen LogP contribution is -2.42. The molecule has 0 radical (unpaired) electrons. The van der Waals surface area contributed by atoms with Crippen LogP contribution in [0.2, 0.25) is 0 Å². The van der Waals surface area contributed by atoms with E-state index in [1.54, 1.807) is 12.4 Å². The van der Waals surface area contributed by atoms with Gasteiger partial charge in [0.2, 0.25) is 5.91 Å². The van der Waals surface area contributed by atoms with Gasteiger partial charge in [-0.05, 0) is 30.4 Å². The van der Waals surface area contributed by atoms with Crippen molar-refractivity contribution in [3.8, 4) is 11.3 Å². The molecule has 4 heterocycles. The average Bonchev–Trinajstić information content (AvgIpc) is 2.92. The number of piperidine rings is 1. The van der Waals surface area contributed by atoms with E-state index in [2.05, 4.69) is 44.9 Å². The average molecular weight is 477 g/mol. The molecule has 0 saturated carbocycles. The van der Waals surface area contributed by atoms with Crippen molar-refractivity contribution in [1.82, 2.24) is 25.2 Å². The number of aliphatic hydroxyl groups excluding tert-OH is 1. The van der Waals surface area contributed by atoms with Gasteiger partial charge in [-0.15, -0.1) is 0 Å². The number of hydrogen-bond acceptors (Lipinski definition) is 8. The zero-order chi connectivity index (χ0) is 24.0. The number of benzene rings is 1. The van der Waals surface area contributed by atoms with Crippen molar-refractivity contribution in [2.24, 2.45) is 0 Å². The summed E-state index contributed by atoms with van der Waals surface area (Å²) in [6, 6.07) is 10.5. The Hall–Kier alpha value is -3.14. The first-order valence-electron chi connectivity index (χ1n) is 12.4. The summed E-state index contributed by atoms with van der Waals surface area (Å²) in [5, 5.41) is 15.8. The number of rotatable bonds is 7. The van der Waals surface area contributed by atoms with Crippen LogP contribution in [0.3, 0.4) is 0 Å². The smallest absolute Gasteiger partial charge is 0.224 e. The number of aliphatic hydroxyl groups is 1. The molecule has 5 rings (SSSR count). The molecule has 2 aromatic heterocycles. The SMILES string of the molecule is O=C(CCO)N1CCC(c2ccc(-c3cc4nccnc4c(NC[C@@H]4CNCCO4)n3)cc2)CC1. The molecule has 2 aliphatic heterocycles. The fourth-order valence-corrected chi connectivity index (χ4v) is 4.85. The third-order valence-corrected chi connectivity index (χ3v) is 6.81. The van der Waals surface area contributed by atoms with Gasteiger partial charge in [0.1, 0.15) is 5.52 Å². The van der Waals surface area contributed by atoms with Crippen molar-refractivity contribution in [3.05, 3.63) is 48.3 Å². The molecule has 1 atom stereocenters. The van der Waals surface area contributed by atoms with Gasteiger partial charge in [-0.3, -0.25) is 9.78 Å². The summed E-state index contributed by atoms with van der Waals surface area (Å²) in [5.74, 6) is 1.19. The first-order valence-corrected chi connectivity index (χ1v) is 12.4. The Morgan fingerprint density at radius 1 is 1.17 bits per heavy atom. The van der Waals surface area contributed by atoms with Crippen LogP contribution < -0.4 is 10.6 Å². The Morgan fingerprint density at radius 3 is 2.71 bits per heavy atom. The number of carbonyl (C=O) groups excluding carboxylic acids is 1. The summed E-state index contributed by atoms with van der Waals surface area (Å²) in [4.78, 5) is 27.8. The molecule has 35 heavy (non-hydrogen) atoms. The summed E-state index contributed by atoms with van der Waals surface area (Å²) in [6.07, 6.45) is 5.56. The van der Waals surface area contributed by atoms with E-state index >= 15 is 0 Å². The highest BCUT2D eigenvalue weighted by atomic mass is 16.5. The maximum Gasteiger partial charge on any atom is 0.224 e. The number of hydrogen-bond donors (Lipinski definition) is 3. The second-order valence-electron chi connectivity index (χ2n) is 9.11. The van der Waals surface area contributed by atoms with Crippen molar-refractivity contribution in [2.45, 2.75) is 31.3 Å². The van der Waals surface area contributed by atoms with Crippen molar-refractivity contribution in [3.63, 3.8) is 0 Å². The molecule has 2 aliphatic rings. The molecule has 3 N–H and O–H groups in total. The van der Waals surface area contributed by atoms with E-state index in [4.69, 9.17) is 14.8 Å². The number of nitrogens with one attached hydrogen (secondary N) is 2. The molecule has 3 aromatic rings. The minimum Gasteiger partial charge on any atom is -0.396 e. The largest absolute Gasteiger partial charge is 0.396 e. The van der Waals surface area contributed by atoms with Gasteiger partial charge >= 0.3 is 0 Å². The second kappa shape index (κ2) is 11.1. The molecule has 0 spiro atoms. The van der Waals surface area contributed by atoms with Crippen LogP contribution in [-0.4, -0.2) is 82.9 Å². The van der Waals surface area contributed by atoms with Crippen molar-refractivity contribution >= 4 is 22.8 Å². The number of nitrogens with zero attached hydrogens (tertiary/aromatic N) is 4. The van der Waals surface area contributed by atoms with E-state index in [1.807, 2.05) is 11.0 Å². The topological polar surface area (TPSA) is 112 Å². The van der Waals surface area contributed by atoms with Gasteiger partial charge in [0.05, 0.1) is 30.5 Å². The first-order chi connectivity index (χ1) is 17.2. The zero-order valence-electron chi connectivity index (χ0n) is 19.8. The summed E-state index contributed by atoms with van der Waals surface area (Å²) in [6.45, 7) is 4.45. The van der Waals surface area contributed by atoms with Gasteiger partial charge in [0.25, 0.3) is 0 Å². The molecule has 1 amide bonds. The molecular formula is C26H32N6O3. The third-order valence-electron chi connectivity index (χ3n) is 6.81. The first kappa shape index (κ1) is 23.6. The standard InChI is InChI=1S/C26H32N6O3/c33-13-7-24(34)32-11-5-19(6-12-32)18-1-3-20(4-2-18)22-15-23-25(29-9-8-28-23)26(31-22)30-17-21-16-27-10-14-35-21/h1-4,8-9,15,19,21,27,33H,5-7,10-14,16-17H2,(H,30,31)/t21-/m0/s1. The maximum absolute atomic E-state index is 12.0. The van der Waals surface area contributed by atoms with Crippen LogP contribution in [0.5, 0.6) is 0 Å². The Labute approximate surface area is 204 Å². The predicted molar refractivity (Wildman–Crippen MR) is 134 cm³/mol. The Kier molecular flexibility index (Phi) is 7.46. The predicted octanol–water partition coefficient (Wildman–Crippen LogP) is 2.18. The molecule has 0 bridgehead atoms. The minimum atomic E-state index is -0.0859. The molecule has 2 saturated heterocycles. The highest BCUT2D eigenvalue weighted by molar-refractivity contribution is 5.88. The van der Waals surface area contributed by atoms with Crippen LogP contribution in [0, 0.1) is 0 Å². The van der Waals surface area contributed by atoms with Gasteiger partial charge in [-0.2, -0.15) is 0 Å². The van der Waals surface area contributed by atoms with Gasteiger partial charge in [0.15, 0.2) is 5.82 Å². The van der Waals surface area contributed by atoms with Crippen LogP contribution in [0.4, 0.5) is 5.82 Å². The van der Waals surface area contributed by atoms with Gasteiger partial charge in [-0.1, -0.05) is 24.3 Å². The van der Waals surface area contributed by atoms with E-state index in [0.29, 0.717) is 24.9 Å². The maximum atomic E-state index is 12.0. The number of likely N-dealkylation sites (tertiary alicyclic amines) is 1. The Bertz CT molecular complexity index is 1140. The lowest BCUT2D eigenvalue weighted by atomic mass is 9.88. The van der Waals surface area contributed by atoms with E-state index in [0.717, 1.165) is 61.3 Å². The number of pyridine rings is 1. The molecule has 9 heteroatoms. The lowest BCUT2D eigenvalue weighted by Gasteiger charge is -2.32. The van der Waals surface area contributed by atoms with E-state index in [9.17, 15) is 4.79 Å². The third kappa shape index (κ3) is 5.58. The molecular weight excluding hydrogens is 444 g/mol. The Morgan fingerprint density at radius 2 is 1.97 bits per heavy atom. The fraction of sp³-hybridized carbons (Fsp3) is 0.462. The van der Waals surface area contributed by atoms with E-state index < -0.39 is 0 Å². The number of fused-ring (bicyclic) bond motifs is 1. The normalized spacial score (nSPS) is 19.1. The monoisotopic (exact) mass is 476 g/mol. The summed E-state index contributed by atoms with van der Waals surface area (Å²) in [5.41, 5.74) is 4.70. The second-order valence-corrected chi connectivity index (χ2v) is 9.11. The molecule has 184 valence electrons. The van der Waals surface area contributed by atoms with E-state index in [-0.39, 0.29) is 25.0 Å². The van der Waals surface area contributed by atoms with E-state index in [1.165, 1.54) is 5.56 Å². The fourth-order valence-electron chi connectivity index (χ4n) is 4.85. The van der Waals surface area contributed by atoms with Crippen molar-refractivity contribution < 1.29 is 14.6 Å².